The highest BCUT2D eigenvalue weighted by molar-refractivity contribution is 5.68. The van der Waals surface area contributed by atoms with Gasteiger partial charge in [-0.25, -0.2) is 0 Å². The highest BCUT2D eigenvalue weighted by Crippen LogP contribution is 2.28. The normalized spacial score (nSPS) is 19.3. The van der Waals surface area contributed by atoms with Gasteiger partial charge in [-0.2, -0.15) is 0 Å². The van der Waals surface area contributed by atoms with E-state index in [4.69, 9.17) is 9.47 Å². The molecule has 0 aromatic rings. The van der Waals surface area contributed by atoms with Gasteiger partial charge in [-0.05, 0) is 37.2 Å². The number of hydrogen-bond acceptors (Lipinski definition) is 4. The first-order chi connectivity index (χ1) is 9.38. The molecule has 0 aromatic heterocycles. The topological polar surface area (TPSA) is 52.6 Å². The summed E-state index contributed by atoms with van der Waals surface area (Å²) in [6.45, 7) is 7.01. The summed E-state index contributed by atoms with van der Waals surface area (Å²) in [6.07, 6.45) is 8.22. The van der Waals surface area contributed by atoms with Crippen molar-refractivity contribution >= 4 is 11.9 Å². The number of esters is 2. The van der Waals surface area contributed by atoms with E-state index in [9.17, 15) is 9.59 Å². The summed E-state index contributed by atoms with van der Waals surface area (Å²) in [6, 6.07) is 0. The molecule has 112 valence electrons. The molecule has 0 saturated carbocycles. The Morgan fingerprint density at radius 1 is 1.25 bits per heavy atom. The van der Waals surface area contributed by atoms with E-state index in [1.807, 2.05) is 6.08 Å². The number of allylic oxidation sites excluding steroid dienone is 3. The molecule has 0 aliphatic heterocycles. The van der Waals surface area contributed by atoms with E-state index in [2.05, 4.69) is 19.9 Å². The van der Waals surface area contributed by atoms with Gasteiger partial charge in [0, 0.05) is 13.8 Å². The molecule has 0 aromatic carbocycles. The Labute approximate surface area is 120 Å². The quantitative estimate of drug-likeness (QED) is 0.572. The maximum absolute atomic E-state index is 11.0. The van der Waals surface area contributed by atoms with Crippen LogP contribution in [0.4, 0.5) is 0 Å². The minimum Gasteiger partial charge on any atom is -0.421 e. The van der Waals surface area contributed by atoms with Crippen LogP contribution in [0.5, 0.6) is 0 Å². The molecule has 1 aliphatic rings. The lowest BCUT2D eigenvalue weighted by Crippen LogP contribution is -2.20. The van der Waals surface area contributed by atoms with Crippen molar-refractivity contribution in [3.05, 3.63) is 23.8 Å². The number of carbonyl (C=O) groups excluding carboxylic acids is 2. The summed E-state index contributed by atoms with van der Waals surface area (Å²) in [4.78, 5) is 21.9. The van der Waals surface area contributed by atoms with Crippen molar-refractivity contribution in [1.82, 2.24) is 0 Å². The van der Waals surface area contributed by atoms with Crippen LogP contribution in [0.25, 0.3) is 0 Å². The van der Waals surface area contributed by atoms with Crippen LogP contribution < -0.4 is 0 Å². The van der Waals surface area contributed by atoms with Crippen LogP contribution in [0.1, 0.15) is 47.0 Å². The monoisotopic (exact) mass is 280 g/mol. The fraction of sp³-hybridized carbons (Fsp3) is 0.625. The highest BCUT2D eigenvalue weighted by atomic mass is 16.7. The molecule has 0 radical (unpaired) electrons. The predicted octanol–water partition coefficient (Wildman–Crippen LogP) is 3.38. The minimum atomic E-state index is -0.940. The number of hydrogen-bond donors (Lipinski definition) is 0. The van der Waals surface area contributed by atoms with Crippen molar-refractivity contribution < 1.29 is 19.1 Å². The lowest BCUT2D eigenvalue weighted by molar-refractivity contribution is -0.176. The van der Waals surface area contributed by atoms with Gasteiger partial charge >= 0.3 is 11.9 Å². The second-order valence-corrected chi connectivity index (χ2v) is 5.49. The summed E-state index contributed by atoms with van der Waals surface area (Å²) in [5.74, 6) is 0.262. The molecule has 1 unspecified atom stereocenters. The molecular weight excluding hydrogens is 256 g/mol. The fourth-order valence-electron chi connectivity index (χ4n) is 2.28. The van der Waals surface area contributed by atoms with Crippen molar-refractivity contribution in [2.24, 2.45) is 11.8 Å². The summed E-state index contributed by atoms with van der Waals surface area (Å²) in [5, 5.41) is 0. The summed E-state index contributed by atoms with van der Waals surface area (Å²) in [7, 11) is 0. The molecule has 1 rings (SSSR count). The lowest BCUT2D eigenvalue weighted by Gasteiger charge is -2.23. The van der Waals surface area contributed by atoms with E-state index in [0.717, 1.165) is 12.8 Å². The van der Waals surface area contributed by atoms with Crippen LogP contribution in [0.3, 0.4) is 0 Å². The smallest absolute Gasteiger partial charge is 0.305 e. The zero-order chi connectivity index (χ0) is 15.1. The molecule has 4 nitrogen and oxygen atoms in total. The van der Waals surface area contributed by atoms with Crippen molar-refractivity contribution in [2.75, 3.05) is 0 Å². The van der Waals surface area contributed by atoms with Crippen LogP contribution in [0.15, 0.2) is 23.8 Å². The second kappa shape index (κ2) is 7.88. The number of rotatable bonds is 5. The van der Waals surface area contributed by atoms with Crippen LogP contribution >= 0.6 is 0 Å². The maximum atomic E-state index is 11.0. The van der Waals surface area contributed by atoms with E-state index in [-0.39, 0.29) is 0 Å². The Bertz CT molecular complexity index is 391. The van der Waals surface area contributed by atoms with Gasteiger partial charge in [0.05, 0.1) is 0 Å². The Hall–Kier alpha value is -1.58. The van der Waals surface area contributed by atoms with Gasteiger partial charge < -0.3 is 9.47 Å². The van der Waals surface area contributed by atoms with Crippen molar-refractivity contribution in [3.8, 4) is 0 Å². The van der Waals surface area contributed by atoms with Crippen molar-refractivity contribution in [2.45, 2.75) is 53.2 Å². The predicted molar refractivity (Wildman–Crippen MR) is 76.7 cm³/mol. The van der Waals surface area contributed by atoms with Gasteiger partial charge in [-0.1, -0.05) is 31.6 Å². The molecule has 0 saturated heterocycles. The van der Waals surface area contributed by atoms with E-state index < -0.39 is 18.2 Å². The molecule has 0 bridgehead atoms. The van der Waals surface area contributed by atoms with Crippen molar-refractivity contribution in [1.29, 1.82) is 0 Å². The first-order valence-electron chi connectivity index (χ1n) is 7.12. The Balaban J connectivity index is 2.70. The van der Waals surface area contributed by atoms with E-state index >= 15 is 0 Å². The average molecular weight is 280 g/mol. The zero-order valence-electron chi connectivity index (χ0n) is 12.7. The molecule has 0 fully saturated rings. The first-order valence-corrected chi connectivity index (χ1v) is 7.12. The maximum Gasteiger partial charge on any atom is 0.305 e. The van der Waals surface area contributed by atoms with Crippen LogP contribution in [0, 0.1) is 11.8 Å². The Kier molecular flexibility index (Phi) is 6.49. The summed E-state index contributed by atoms with van der Waals surface area (Å²) < 4.78 is 9.86. The van der Waals surface area contributed by atoms with E-state index in [1.54, 1.807) is 6.08 Å². The molecular formula is C16H24O4. The molecule has 20 heavy (non-hydrogen) atoms. The molecule has 0 amide bonds. The van der Waals surface area contributed by atoms with Gasteiger partial charge in [0.1, 0.15) is 0 Å². The van der Waals surface area contributed by atoms with E-state index in [0.29, 0.717) is 11.8 Å². The third kappa shape index (κ3) is 6.04. The second-order valence-electron chi connectivity index (χ2n) is 5.49. The first kappa shape index (κ1) is 16.5. The minimum absolute atomic E-state index is 0.474. The molecule has 1 atom stereocenters. The third-order valence-corrected chi connectivity index (χ3v) is 3.32. The SMILES string of the molecule is CC(=O)OC(C=CC1=CC(C(C)C)CCC1)OC(C)=O. The number of carbonyl (C=O) groups is 2. The summed E-state index contributed by atoms with van der Waals surface area (Å²) >= 11 is 0. The summed E-state index contributed by atoms with van der Waals surface area (Å²) in [5.41, 5.74) is 1.21. The fourth-order valence-corrected chi connectivity index (χ4v) is 2.28. The average Bonchev–Trinajstić information content (AvgIpc) is 2.35. The van der Waals surface area contributed by atoms with Crippen molar-refractivity contribution in [3.63, 3.8) is 0 Å². The van der Waals surface area contributed by atoms with Gasteiger partial charge in [0.2, 0.25) is 0 Å². The molecule has 4 heteroatoms. The third-order valence-electron chi connectivity index (χ3n) is 3.32. The molecule has 0 N–H and O–H groups in total. The van der Waals surface area contributed by atoms with Gasteiger partial charge in [-0.15, -0.1) is 0 Å². The Morgan fingerprint density at radius 2 is 1.85 bits per heavy atom. The lowest BCUT2D eigenvalue weighted by atomic mass is 9.83. The van der Waals surface area contributed by atoms with Gasteiger partial charge in [0.25, 0.3) is 6.29 Å². The molecule has 0 heterocycles. The van der Waals surface area contributed by atoms with Gasteiger partial charge in [-0.3, -0.25) is 9.59 Å². The zero-order valence-corrected chi connectivity index (χ0v) is 12.7. The molecule has 1 aliphatic carbocycles. The standard InChI is InChI=1S/C16H24O4/c1-11(2)15-7-5-6-14(10-15)8-9-16(19-12(3)17)20-13(4)18/h8-11,15-16H,5-7H2,1-4H3. The largest absolute Gasteiger partial charge is 0.421 e. The molecule has 0 spiro atoms. The number of ether oxygens (including phenoxy) is 2. The van der Waals surface area contributed by atoms with Gasteiger partial charge in [0.15, 0.2) is 0 Å². The Morgan fingerprint density at radius 3 is 2.35 bits per heavy atom. The van der Waals surface area contributed by atoms with E-state index in [1.165, 1.54) is 25.8 Å². The highest BCUT2D eigenvalue weighted by Gasteiger charge is 2.16. The van der Waals surface area contributed by atoms with Crippen LogP contribution in [-0.2, 0) is 19.1 Å². The van der Waals surface area contributed by atoms with Crippen LogP contribution in [0.2, 0.25) is 0 Å². The van der Waals surface area contributed by atoms with Crippen LogP contribution in [-0.4, -0.2) is 18.2 Å².